The van der Waals surface area contributed by atoms with E-state index in [4.69, 9.17) is 14.9 Å². The fourth-order valence-corrected chi connectivity index (χ4v) is 2.98. The van der Waals surface area contributed by atoms with E-state index in [1.807, 2.05) is 0 Å². The molecule has 0 atom stereocenters. The molecule has 1 heterocycles. The molecule has 9 heteroatoms. The first kappa shape index (κ1) is 19.2. The van der Waals surface area contributed by atoms with Gasteiger partial charge in [-0.3, -0.25) is 0 Å². The Morgan fingerprint density at radius 3 is 2.44 bits per heavy atom. The zero-order valence-corrected chi connectivity index (χ0v) is 16.7. The van der Waals surface area contributed by atoms with Crippen molar-refractivity contribution in [2.24, 2.45) is 7.05 Å². The Bertz CT molecular complexity index is 792. The minimum Gasteiger partial charge on any atom is -0.489 e. The van der Waals surface area contributed by atoms with Crippen LogP contribution >= 0.6 is 0 Å². The van der Waals surface area contributed by atoms with E-state index in [1.165, 1.54) is 11.7 Å². The average Bonchev–Trinajstić information content (AvgIpc) is 2.83. The summed E-state index contributed by atoms with van der Waals surface area (Å²) in [6.45, 7) is 11.8. The summed E-state index contributed by atoms with van der Waals surface area (Å²) in [7, 11) is -0.283. The first-order valence-corrected chi connectivity index (χ1v) is 11.1. The highest BCUT2D eigenvalue weighted by Gasteiger charge is 2.36. The van der Waals surface area contributed by atoms with Crippen LogP contribution < -0.4 is 16.2 Å². The lowest BCUT2D eigenvalue weighted by molar-refractivity contribution is 0.203. The molecule has 1 aromatic heterocycles. The molecule has 8 nitrogen and oxygen atoms in total. The number of benzene rings is 1. The summed E-state index contributed by atoms with van der Waals surface area (Å²) in [6, 6.07) is 5.08. The highest BCUT2D eigenvalue weighted by atomic mass is 28.4. The number of hydrogen-bond acceptors (Lipinski definition) is 6. The molecule has 0 saturated carbocycles. The quantitative estimate of drug-likeness (QED) is 0.477. The molecule has 0 aliphatic carbocycles. The molecular weight excluding hydrogens is 338 g/mol. The highest BCUT2D eigenvalue weighted by Crippen LogP contribution is 2.36. The first-order chi connectivity index (χ1) is 11.5. The zero-order chi connectivity index (χ0) is 18.8. The van der Waals surface area contributed by atoms with Crippen LogP contribution in [-0.2, 0) is 11.5 Å². The number of nitrogens with zero attached hydrogens (tertiary/aromatic N) is 4. The minimum atomic E-state index is -1.82. The van der Waals surface area contributed by atoms with Gasteiger partial charge in [-0.05, 0) is 46.8 Å². The Labute approximate surface area is 148 Å². The fourth-order valence-electron chi connectivity index (χ4n) is 1.95. The molecule has 2 aromatic rings. The molecule has 0 radical (unpaired) electrons. The lowest BCUT2D eigenvalue weighted by atomic mass is 10.2. The zero-order valence-electron chi connectivity index (χ0n) is 15.7. The third-order valence-electron chi connectivity index (χ3n) is 4.54. The number of nitrogens with two attached hydrogens (primary N) is 1. The van der Waals surface area contributed by atoms with Gasteiger partial charge < -0.3 is 14.9 Å². The van der Waals surface area contributed by atoms with Crippen LogP contribution in [0.1, 0.15) is 20.8 Å². The number of anilines is 1. The lowest BCUT2D eigenvalue weighted by Gasteiger charge is -2.36. The van der Waals surface area contributed by atoms with Crippen molar-refractivity contribution in [2.45, 2.75) is 38.9 Å². The van der Waals surface area contributed by atoms with Crippen molar-refractivity contribution in [3.63, 3.8) is 0 Å². The van der Waals surface area contributed by atoms with E-state index in [0.29, 0.717) is 30.3 Å². The molecule has 0 amide bonds. The molecule has 0 fully saturated rings. The molecule has 2 N–H and O–H groups in total. The summed E-state index contributed by atoms with van der Waals surface area (Å²) in [5.41, 5.74) is 6.44. The number of tetrazole rings is 1. The van der Waals surface area contributed by atoms with E-state index in [1.54, 1.807) is 18.2 Å². The second-order valence-electron chi connectivity index (χ2n) is 7.48. The van der Waals surface area contributed by atoms with Gasteiger partial charge in [-0.1, -0.05) is 20.8 Å². The molecule has 1 aromatic carbocycles. The Balaban J connectivity index is 2.11. The van der Waals surface area contributed by atoms with Gasteiger partial charge in [0.05, 0.1) is 6.61 Å². The van der Waals surface area contributed by atoms with Crippen molar-refractivity contribution in [1.82, 2.24) is 19.8 Å². The number of aromatic nitrogens is 4. The van der Waals surface area contributed by atoms with Gasteiger partial charge in [0, 0.05) is 12.7 Å². The van der Waals surface area contributed by atoms with Gasteiger partial charge in [0.2, 0.25) is 0 Å². The van der Waals surface area contributed by atoms with Crippen LogP contribution in [0.15, 0.2) is 23.0 Å². The number of aryl methyl sites for hydroxylation is 1. The normalized spacial score (nSPS) is 12.4. The van der Waals surface area contributed by atoms with E-state index >= 15 is 0 Å². The highest BCUT2D eigenvalue weighted by molar-refractivity contribution is 6.74. The van der Waals surface area contributed by atoms with Crippen LogP contribution in [0.25, 0.3) is 5.69 Å². The second-order valence-corrected chi connectivity index (χ2v) is 12.3. The van der Waals surface area contributed by atoms with Crippen molar-refractivity contribution >= 4 is 14.0 Å². The smallest absolute Gasteiger partial charge is 0.368 e. The largest absolute Gasteiger partial charge is 0.489 e. The van der Waals surface area contributed by atoms with Crippen molar-refractivity contribution < 1.29 is 9.16 Å². The van der Waals surface area contributed by atoms with Gasteiger partial charge in [0.1, 0.15) is 18.0 Å². The lowest BCUT2D eigenvalue weighted by Crippen LogP contribution is -2.41. The second kappa shape index (κ2) is 7.01. The Morgan fingerprint density at radius 1 is 1.20 bits per heavy atom. The SMILES string of the molecule is Cn1nnn(-c2cc(N)ccc2OCCO[Si](C)(C)C(C)(C)C)c1=O. The monoisotopic (exact) mass is 365 g/mol. The van der Waals surface area contributed by atoms with Gasteiger partial charge in [0.25, 0.3) is 0 Å². The molecule has 25 heavy (non-hydrogen) atoms. The minimum absolute atomic E-state index is 0.145. The Kier molecular flexibility index (Phi) is 5.38. The van der Waals surface area contributed by atoms with E-state index in [2.05, 4.69) is 44.3 Å². The molecule has 0 saturated heterocycles. The average molecular weight is 366 g/mol. The third-order valence-corrected chi connectivity index (χ3v) is 9.08. The molecular formula is C16H27N5O3Si. The van der Waals surface area contributed by atoms with Gasteiger partial charge in [-0.15, -0.1) is 0 Å². The summed E-state index contributed by atoms with van der Waals surface area (Å²) in [5.74, 6) is 0.510. The summed E-state index contributed by atoms with van der Waals surface area (Å²) in [4.78, 5) is 12.1. The first-order valence-electron chi connectivity index (χ1n) is 8.18. The van der Waals surface area contributed by atoms with Crippen LogP contribution in [0.3, 0.4) is 0 Å². The molecule has 0 aliphatic rings. The summed E-state index contributed by atoms with van der Waals surface area (Å²) < 4.78 is 14.2. The van der Waals surface area contributed by atoms with Crippen molar-refractivity contribution in [3.8, 4) is 11.4 Å². The topological polar surface area (TPSA) is 97.2 Å². The Hall–Kier alpha value is -2.13. The van der Waals surface area contributed by atoms with Crippen molar-refractivity contribution in [2.75, 3.05) is 18.9 Å². The maximum absolute atomic E-state index is 12.1. The summed E-state index contributed by atoms with van der Waals surface area (Å²) in [5, 5.41) is 7.71. The predicted octanol–water partition coefficient (Wildman–Crippen LogP) is 1.95. The maximum atomic E-state index is 12.1. The molecule has 138 valence electrons. The predicted molar refractivity (Wildman–Crippen MR) is 99.7 cm³/mol. The van der Waals surface area contributed by atoms with E-state index in [-0.39, 0.29) is 10.7 Å². The summed E-state index contributed by atoms with van der Waals surface area (Å²) >= 11 is 0. The van der Waals surface area contributed by atoms with Gasteiger partial charge >= 0.3 is 5.69 Å². The van der Waals surface area contributed by atoms with Crippen LogP contribution in [0.5, 0.6) is 5.75 Å². The number of rotatable bonds is 6. The van der Waals surface area contributed by atoms with Crippen LogP contribution in [0.2, 0.25) is 18.1 Å². The molecule has 0 aliphatic heterocycles. The fraction of sp³-hybridized carbons (Fsp3) is 0.562. The van der Waals surface area contributed by atoms with Crippen LogP contribution in [0, 0.1) is 0 Å². The number of nitrogen functional groups attached to an aromatic ring is 1. The van der Waals surface area contributed by atoms with E-state index < -0.39 is 8.32 Å². The van der Waals surface area contributed by atoms with Gasteiger partial charge in [-0.2, -0.15) is 9.36 Å². The molecule has 0 unspecified atom stereocenters. The Morgan fingerprint density at radius 2 is 1.88 bits per heavy atom. The third kappa shape index (κ3) is 4.29. The van der Waals surface area contributed by atoms with Crippen molar-refractivity contribution in [3.05, 3.63) is 28.7 Å². The van der Waals surface area contributed by atoms with E-state index in [9.17, 15) is 4.79 Å². The number of hydrogen-bond donors (Lipinski definition) is 1. The van der Waals surface area contributed by atoms with Gasteiger partial charge in [-0.25, -0.2) is 4.79 Å². The maximum Gasteiger partial charge on any atom is 0.368 e. The van der Waals surface area contributed by atoms with Crippen LogP contribution in [0.4, 0.5) is 5.69 Å². The van der Waals surface area contributed by atoms with Crippen molar-refractivity contribution in [1.29, 1.82) is 0 Å². The molecule has 0 bridgehead atoms. The number of ether oxygens (including phenoxy) is 1. The summed E-state index contributed by atoms with van der Waals surface area (Å²) in [6.07, 6.45) is 0. The standard InChI is InChI=1S/C16H27N5O3Si/c1-16(2,3)25(5,6)24-10-9-23-14-8-7-12(17)11-13(14)21-15(22)20(4)18-19-21/h7-8,11H,9-10,17H2,1-6H3. The molecule has 0 spiro atoms. The van der Waals surface area contributed by atoms with E-state index in [0.717, 1.165) is 4.68 Å². The molecule has 2 rings (SSSR count). The van der Waals surface area contributed by atoms with Crippen LogP contribution in [-0.4, -0.2) is 41.3 Å². The van der Waals surface area contributed by atoms with Gasteiger partial charge in [0.15, 0.2) is 8.32 Å².